The number of ether oxygens (including phenoxy) is 1. The van der Waals surface area contributed by atoms with Gasteiger partial charge in [0, 0.05) is 17.6 Å². The van der Waals surface area contributed by atoms with Crippen molar-refractivity contribution >= 4 is 34.6 Å². The van der Waals surface area contributed by atoms with Crippen LogP contribution < -0.4 is 21.1 Å². The number of amides is 1. The van der Waals surface area contributed by atoms with E-state index in [0.717, 1.165) is 11.4 Å². The second-order valence-corrected chi connectivity index (χ2v) is 5.37. The van der Waals surface area contributed by atoms with Gasteiger partial charge in [0.25, 0.3) is 5.91 Å². The van der Waals surface area contributed by atoms with E-state index < -0.39 is 5.91 Å². The van der Waals surface area contributed by atoms with E-state index in [-0.39, 0.29) is 5.57 Å². The Hall–Kier alpha value is -3.17. The maximum absolute atomic E-state index is 12.2. The third-order valence-corrected chi connectivity index (χ3v) is 3.50. The van der Waals surface area contributed by atoms with Crippen molar-refractivity contribution in [1.29, 1.82) is 5.26 Å². The molecule has 0 spiro atoms. The number of anilines is 3. The summed E-state index contributed by atoms with van der Waals surface area (Å²) >= 11 is 5.91. The van der Waals surface area contributed by atoms with Crippen LogP contribution in [0.3, 0.4) is 0 Å². The highest BCUT2D eigenvalue weighted by atomic mass is 35.5. The Morgan fingerprint density at radius 1 is 1.28 bits per heavy atom. The number of nitrogens with zero attached hydrogens (tertiary/aromatic N) is 1. The molecule has 0 radical (unpaired) electrons. The minimum Gasteiger partial charge on any atom is -0.494 e. The van der Waals surface area contributed by atoms with E-state index in [1.807, 2.05) is 13.0 Å². The second-order valence-electron chi connectivity index (χ2n) is 4.96. The van der Waals surface area contributed by atoms with Gasteiger partial charge in [-0.25, -0.2) is 0 Å². The van der Waals surface area contributed by atoms with Gasteiger partial charge in [-0.2, -0.15) is 5.26 Å². The van der Waals surface area contributed by atoms with Crippen LogP contribution in [0.25, 0.3) is 0 Å². The molecule has 2 aromatic carbocycles. The van der Waals surface area contributed by atoms with Crippen molar-refractivity contribution in [1.82, 2.24) is 0 Å². The molecule has 0 bridgehead atoms. The molecule has 6 nitrogen and oxygen atoms in total. The highest BCUT2D eigenvalue weighted by molar-refractivity contribution is 6.33. The van der Waals surface area contributed by atoms with Crippen LogP contribution in [-0.2, 0) is 4.79 Å². The van der Waals surface area contributed by atoms with Gasteiger partial charge in [-0.3, -0.25) is 4.79 Å². The molecule has 7 heteroatoms. The van der Waals surface area contributed by atoms with Crippen LogP contribution >= 0.6 is 11.6 Å². The number of nitrogens with two attached hydrogens (primary N) is 1. The summed E-state index contributed by atoms with van der Waals surface area (Å²) in [4.78, 5) is 12.2. The molecule has 0 aromatic heterocycles. The predicted octanol–water partition coefficient (Wildman–Crippen LogP) is 3.78. The highest BCUT2D eigenvalue weighted by Crippen LogP contribution is 2.23. The SMILES string of the molecule is CCOc1ccc(N/C=C(/C#N)C(=O)Nc2ccc(N)c(Cl)c2)cc1. The van der Waals surface area contributed by atoms with Crippen molar-refractivity contribution in [2.45, 2.75) is 6.92 Å². The van der Waals surface area contributed by atoms with Gasteiger partial charge in [0.1, 0.15) is 17.4 Å². The number of nitrogen functional groups attached to an aromatic ring is 1. The quantitative estimate of drug-likeness (QED) is 0.415. The Balaban J connectivity index is 2.04. The van der Waals surface area contributed by atoms with Gasteiger partial charge < -0.3 is 21.1 Å². The average Bonchev–Trinajstić information content (AvgIpc) is 2.60. The van der Waals surface area contributed by atoms with Gasteiger partial charge in [-0.05, 0) is 49.4 Å². The maximum Gasteiger partial charge on any atom is 0.267 e. The van der Waals surface area contributed by atoms with Crippen molar-refractivity contribution in [3.63, 3.8) is 0 Å². The molecule has 25 heavy (non-hydrogen) atoms. The summed E-state index contributed by atoms with van der Waals surface area (Å²) in [6.45, 7) is 2.49. The summed E-state index contributed by atoms with van der Waals surface area (Å²) in [5, 5.41) is 15.0. The van der Waals surface area contributed by atoms with Crippen LogP contribution in [0.4, 0.5) is 17.1 Å². The van der Waals surface area contributed by atoms with Crippen molar-refractivity contribution in [3.05, 3.63) is 59.3 Å². The van der Waals surface area contributed by atoms with E-state index in [1.54, 1.807) is 36.4 Å². The summed E-state index contributed by atoms with van der Waals surface area (Å²) in [7, 11) is 0. The smallest absolute Gasteiger partial charge is 0.267 e. The van der Waals surface area contributed by atoms with E-state index in [2.05, 4.69) is 10.6 Å². The molecule has 0 saturated heterocycles. The van der Waals surface area contributed by atoms with E-state index in [4.69, 9.17) is 22.1 Å². The lowest BCUT2D eigenvalue weighted by Crippen LogP contribution is -2.14. The molecule has 0 aliphatic carbocycles. The first-order valence-corrected chi connectivity index (χ1v) is 7.87. The summed E-state index contributed by atoms with van der Waals surface area (Å²) < 4.78 is 5.35. The van der Waals surface area contributed by atoms with E-state index in [0.29, 0.717) is 23.0 Å². The zero-order chi connectivity index (χ0) is 18.2. The number of rotatable bonds is 6. The van der Waals surface area contributed by atoms with E-state index >= 15 is 0 Å². The van der Waals surface area contributed by atoms with Gasteiger partial charge in [0.05, 0.1) is 17.3 Å². The van der Waals surface area contributed by atoms with Crippen molar-refractivity contribution in [2.75, 3.05) is 23.0 Å². The van der Waals surface area contributed by atoms with Gasteiger partial charge in [-0.15, -0.1) is 0 Å². The molecular weight excluding hydrogens is 340 g/mol. The van der Waals surface area contributed by atoms with E-state index in [1.165, 1.54) is 12.3 Å². The first-order valence-electron chi connectivity index (χ1n) is 7.49. The highest BCUT2D eigenvalue weighted by Gasteiger charge is 2.10. The average molecular weight is 357 g/mol. The topological polar surface area (TPSA) is 100 Å². The first kappa shape index (κ1) is 18.2. The zero-order valence-corrected chi connectivity index (χ0v) is 14.3. The molecule has 0 unspecified atom stereocenters. The molecule has 0 aliphatic heterocycles. The molecule has 0 heterocycles. The number of nitrogens with one attached hydrogen (secondary N) is 2. The lowest BCUT2D eigenvalue weighted by atomic mass is 10.2. The Bertz CT molecular complexity index is 826. The number of carbonyl (C=O) groups excluding carboxylic acids is 1. The molecule has 0 atom stereocenters. The van der Waals surface area contributed by atoms with Crippen LogP contribution in [-0.4, -0.2) is 12.5 Å². The van der Waals surface area contributed by atoms with Gasteiger partial charge >= 0.3 is 0 Å². The molecule has 2 aromatic rings. The largest absolute Gasteiger partial charge is 0.494 e. The molecule has 4 N–H and O–H groups in total. The lowest BCUT2D eigenvalue weighted by molar-refractivity contribution is -0.112. The zero-order valence-electron chi connectivity index (χ0n) is 13.5. The predicted molar refractivity (Wildman–Crippen MR) is 99.4 cm³/mol. The fraction of sp³-hybridized carbons (Fsp3) is 0.111. The number of carbonyl (C=O) groups is 1. The van der Waals surface area contributed by atoms with Crippen LogP contribution in [0.2, 0.25) is 5.02 Å². The summed E-state index contributed by atoms with van der Waals surface area (Å²) in [6.07, 6.45) is 1.34. The third-order valence-electron chi connectivity index (χ3n) is 3.17. The second kappa shape index (κ2) is 8.62. The molecule has 128 valence electrons. The molecule has 1 amide bonds. The molecule has 0 aliphatic rings. The Morgan fingerprint density at radius 2 is 1.96 bits per heavy atom. The minimum absolute atomic E-state index is 0.0816. The standard InChI is InChI=1S/C18H17ClN4O2/c1-2-25-15-6-3-13(4-7-15)22-11-12(10-20)18(24)23-14-5-8-17(21)16(19)9-14/h3-9,11,22H,2,21H2,1H3,(H,23,24)/b12-11-. The number of hydrogen-bond donors (Lipinski definition) is 3. The maximum atomic E-state index is 12.2. The van der Waals surface area contributed by atoms with E-state index in [9.17, 15) is 10.1 Å². The third kappa shape index (κ3) is 5.16. The number of halogens is 1. The lowest BCUT2D eigenvalue weighted by Gasteiger charge is -2.07. The van der Waals surface area contributed by atoms with Crippen LogP contribution in [0.1, 0.15) is 6.92 Å². The van der Waals surface area contributed by atoms with Crippen LogP contribution in [0.5, 0.6) is 5.75 Å². The summed E-state index contributed by atoms with van der Waals surface area (Å²) in [5.74, 6) is 0.192. The fourth-order valence-electron chi connectivity index (χ4n) is 1.92. The first-order chi connectivity index (χ1) is 12.0. The summed E-state index contributed by atoms with van der Waals surface area (Å²) in [6, 6.07) is 13.7. The molecule has 0 saturated carbocycles. The molecular formula is C18H17ClN4O2. The number of benzene rings is 2. The van der Waals surface area contributed by atoms with Crippen LogP contribution in [0, 0.1) is 11.3 Å². The Morgan fingerprint density at radius 3 is 2.56 bits per heavy atom. The fourth-order valence-corrected chi connectivity index (χ4v) is 2.10. The summed E-state index contributed by atoms with van der Waals surface area (Å²) in [5.41, 5.74) is 7.12. The van der Waals surface area contributed by atoms with Gasteiger partial charge in [0.15, 0.2) is 0 Å². The molecule has 2 rings (SSSR count). The number of nitriles is 1. The van der Waals surface area contributed by atoms with Crippen molar-refractivity contribution in [3.8, 4) is 11.8 Å². The molecule has 0 fully saturated rings. The van der Waals surface area contributed by atoms with Crippen LogP contribution in [0.15, 0.2) is 54.2 Å². The number of hydrogen-bond acceptors (Lipinski definition) is 5. The van der Waals surface area contributed by atoms with Gasteiger partial charge in [-0.1, -0.05) is 11.6 Å². The van der Waals surface area contributed by atoms with Crippen molar-refractivity contribution in [2.24, 2.45) is 0 Å². The normalized spacial score (nSPS) is 10.7. The van der Waals surface area contributed by atoms with Gasteiger partial charge in [0.2, 0.25) is 0 Å². The minimum atomic E-state index is -0.554. The van der Waals surface area contributed by atoms with Crippen molar-refractivity contribution < 1.29 is 9.53 Å². The monoisotopic (exact) mass is 356 g/mol. The Labute approximate surface area is 150 Å². The Kier molecular flexibility index (Phi) is 6.26.